The highest BCUT2D eigenvalue weighted by Gasteiger charge is 2.16. The zero-order valence-corrected chi connectivity index (χ0v) is 17.1. The highest BCUT2D eigenvalue weighted by molar-refractivity contribution is 8.03. The van der Waals surface area contributed by atoms with Crippen LogP contribution in [0.3, 0.4) is 0 Å². The first-order valence-electron chi connectivity index (χ1n) is 9.39. The standard InChI is InChI=1S/C23H29NOS/c1-5-12-18(13-6-2)26-22-17-11-9-15-20(22)23(24-7-3)19-14-8-10-16-21(19)25-4/h8-12,14-17H,5-7,13H2,1-4H3/b18-12+,24-23?. The van der Waals surface area contributed by atoms with Crippen LogP contribution in [-0.4, -0.2) is 19.4 Å². The summed E-state index contributed by atoms with van der Waals surface area (Å²) in [5, 5.41) is 0. The molecule has 0 aromatic heterocycles. The van der Waals surface area contributed by atoms with E-state index in [1.54, 1.807) is 7.11 Å². The first kappa shape index (κ1) is 20.3. The van der Waals surface area contributed by atoms with Crippen molar-refractivity contribution in [1.29, 1.82) is 0 Å². The van der Waals surface area contributed by atoms with Crippen LogP contribution in [0.25, 0.3) is 0 Å². The zero-order chi connectivity index (χ0) is 18.8. The van der Waals surface area contributed by atoms with Gasteiger partial charge >= 0.3 is 0 Å². The van der Waals surface area contributed by atoms with Crippen molar-refractivity contribution < 1.29 is 4.74 Å². The molecule has 2 aromatic carbocycles. The van der Waals surface area contributed by atoms with E-state index in [1.165, 1.54) is 15.4 Å². The summed E-state index contributed by atoms with van der Waals surface area (Å²) in [5.74, 6) is 0.859. The molecule has 138 valence electrons. The molecule has 3 heteroatoms. The molecule has 0 saturated carbocycles. The van der Waals surface area contributed by atoms with E-state index in [9.17, 15) is 0 Å². The third kappa shape index (κ3) is 5.25. The topological polar surface area (TPSA) is 21.6 Å². The summed E-state index contributed by atoms with van der Waals surface area (Å²) in [6.07, 6.45) is 5.67. The van der Waals surface area contributed by atoms with Crippen molar-refractivity contribution in [3.05, 3.63) is 70.6 Å². The number of aliphatic imine (C=N–C) groups is 1. The quantitative estimate of drug-likeness (QED) is 0.361. The molecule has 2 rings (SSSR count). The minimum absolute atomic E-state index is 0.735. The number of hydrogen-bond donors (Lipinski definition) is 0. The largest absolute Gasteiger partial charge is 0.496 e. The van der Waals surface area contributed by atoms with Crippen LogP contribution in [0.5, 0.6) is 5.75 Å². The highest BCUT2D eigenvalue weighted by atomic mass is 32.2. The van der Waals surface area contributed by atoms with E-state index >= 15 is 0 Å². The molecule has 0 N–H and O–H groups in total. The molecule has 0 radical (unpaired) electrons. The van der Waals surface area contributed by atoms with Crippen LogP contribution >= 0.6 is 11.8 Å². The minimum Gasteiger partial charge on any atom is -0.496 e. The van der Waals surface area contributed by atoms with Crippen LogP contribution in [0.1, 0.15) is 51.2 Å². The Morgan fingerprint density at radius 2 is 1.69 bits per heavy atom. The predicted molar refractivity (Wildman–Crippen MR) is 115 cm³/mol. The lowest BCUT2D eigenvalue weighted by atomic mass is 10.0. The van der Waals surface area contributed by atoms with Gasteiger partial charge in [0.25, 0.3) is 0 Å². The molecule has 0 heterocycles. The monoisotopic (exact) mass is 367 g/mol. The van der Waals surface area contributed by atoms with Gasteiger partial charge in [-0.25, -0.2) is 0 Å². The fraction of sp³-hybridized carbons (Fsp3) is 0.348. The summed E-state index contributed by atoms with van der Waals surface area (Å²) < 4.78 is 5.59. The highest BCUT2D eigenvalue weighted by Crippen LogP contribution is 2.35. The molecule has 0 saturated heterocycles. The molecule has 0 unspecified atom stereocenters. The van der Waals surface area contributed by atoms with Gasteiger partial charge in [-0.2, -0.15) is 0 Å². The Morgan fingerprint density at radius 3 is 2.35 bits per heavy atom. The fourth-order valence-electron chi connectivity index (χ4n) is 2.88. The number of ether oxygens (including phenoxy) is 1. The lowest BCUT2D eigenvalue weighted by Crippen LogP contribution is -2.08. The molecule has 0 amide bonds. The Labute approximate surface area is 162 Å². The molecule has 2 nitrogen and oxygen atoms in total. The minimum atomic E-state index is 0.735. The van der Waals surface area contributed by atoms with Gasteiger partial charge in [-0.1, -0.05) is 68.4 Å². The van der Waals surface area contributed by atoms with Crippen LogP contribution < -0.4 is 4.74 Å². The maximum atomic E-state index is 5.59. The third-order valence-corrected chi connectivity index (χ3v) is 5.20. The third-order valence-electron chi connectivity index (χ3n) is 3.99. The van der Waals surface area contributed by atoms with E-state index < -0.39 is 0 Å². The lowest BCUT2D eigenvalue weighted by Gasteiger charge is -2.16. The smallest absolute Gasteiger partial charge is 0.128 e. The predicted octanol–water partition coefficient (Wildman–Crippen LogP) is 6.74. The van der Waals surface area contributed by atoms with Crippen molar-refractivity contribution in [2.45, 2.75) is 44.9 Å². The van der Waals surface area contributed by atoms with Gasteiger partial charge < -0.3 is 4.74 Å². The molecule has 0 spiro atoms. The van der Waals surface area contributed by atoms with Gasteiger partial charge in [0.05, 0.1) is 12.8 Å². The van der Waals surface area contributed by atoms with Gasteiger partial charge in [-0.3, -0.25) is 4.99 Å². The van der Waals surface area contributed by atoms with Gasteiger partial charge in [0.1, 0.15) is 5.75 Å². The van der Waals surface area contributed by atoms with Crippen LogP contribution in [0.4, 0.5) is 0 Å². The second-order valence-electron chi connectivity index (χ2n) is 5.95. The van der Waals surface area contributed by atoms with E-state index in [4.69, 9.17) is 9.73 Å². The molecule has 0 atom stereocenters. The van der Waals surface area contributed by atoms with Gasteiger partial charge in [0, 0.05) is 22.6 Å². The Morgan fingerprint density at radius 1 is 1.00 bits per heavy atom. The number of para-hydroxylation sites is 1. The summed E-state index contributed by atoms with van der Waals surface area (Å²) in [6.45, 7) is 7.24. The summed E-state index contributed by atoms with van der Waals surface area (Å²) in [5.41, 5.74) is 3.21. The number of allylic oxidation sites excluding steroid dienone is 2. The van der Waals surface area contributed by atoms with Crippen molar-refractivity contribution in [3.8, 4) is 5.75 Å². The molecular weight excluding hydrogens is 338 g/mol. The molecule has 26 heavy (non-hydrogen) atoms. The summed E-state index contributed by atoms with van der Waals surface area (Å²) >= 11 is 1.87. The Hall–Kier alpha value is -2.00. The van der Waals surface area contributed by atoms with Crippen molar-refractivity contribution in [2.24, 2.45) is 4.99 Å². The van der Waals surface area contributed by atoms with Crippen molar-refractivity contribution in [1.82, 2.24) is 0 Å². The lowest BCUT2D eigenvalue weighted by molar-refractivity contribution is 0.414. The fourth-order valence-corrected chi connectivity index (χ4v) is 4.14. The van der Waals surface area contributed by atoms with E-state index in [2.05, 4.69) is 57.2 Å². The SMILES string of the molecule is CC/C=C(\CCC)Sc1ccccc1C(=NCC)c1ccccc1OC. The Kier molecular flexibility index (Phi) is 8.49. The zero-order valence-electron chi connectivity index (χ0n) is 16.3. The van der Waals surface area contributed by atoms with E-state index in [-0.39, 0.29) is 0 Å². The maximum absolute atomic E-state index is 5.59. The van der Waals surface area contributed by atoms with Gasteiger partial charge in [-0.05, 0) is 42.9 Å². The summed E-state index contributed by atoms with van der Waals surface area (Å²) in [6, 6.07) is 16.7. The van der Waals surface area contributed by atoms with Crippen molar-refractivity contribution in [3.63, 3.8) is 0 Å². The van der Waals surface area contributed by atoms with Crippen molar-refractivity contribution in [2.75, 3.05) is 13.7 Å². The second-order valence-corrected chi connectivity index (χ2v) is 7.12. The van der Waals surface area contributed by atoms with E-state index in [0.29, 0.717) is 0 Å². The summed E-state index contributed by atoms with van der Waals surface area (Å²) in [7, 11) is 1.71. The molecule has 0 aliphatic rings. The number of benzene rings is 2. The number of nitrogens with zero attached hydrogens (tertiary/aromatic N) is 1. The Bertz CT molecular complexity index is 764. The molecule has 0 aliphatic heterocycles. The van der Waals surface area contributed by atoms with Gasteiger partial charge in [-0.15, -0.1) is 0 Å². The normalized spacial score (nSPS) is 12.3. The summed E-state index contributed by atoms with van der Waals surface area (Å²) in [4.78, 5) is 7.51. The molecule has 0 bridgehead atoms. The van der Waals surface area contributed by atoms with Gasteiger partial charge in [0.15, 0.2) is 0 Å². The average molecular weight is 368 g/mol. The van der Waals surface area contributed by atoms with Crippen LogP contribution in [0.2, 0.25) is 0 Å². The second kappa shape index (κ2) is 10.9. The number of hydrogen-bond acceptors (Lipinski definition) is 3. The van der Waals surface area contributed by atoms with Crippen LogP contribution in [0, 0.1) is 0 Å². The van der Waals surface area contributed by atoms with E-state index in [0.717, 1.165) is 42.8 Å². The first-order chi connectivity index (χ1) is 12.7. The van der Waals surface area contributed by atoms with Crippen LogP contribution in [0.15, 0.2) is 69.4 Å². The first-order valence-corrected chi connectivity index (χ1v) is 10.2. The molecule has 0 fully saturated rings. The van der Waals surface area contributed by atoms with Crippen LogP contribution in [-0.2, 0) is 0 Å². The van der Waals surface area contributed by atoms with Crippen molar-refractivity contribution >= 4 is 17.5 Å². The van der Waals surface area contributed by atoms with E-state index in [1.807, 2.05) is 30.0 Å². The number of rotatable bonds is 9. The molecule has 0 aliphatic carbocycles. The molecular formula is C23H29NOS. The number of thioether (sulfide) groups is 1. The number of methoxy groups -OCH3 is 1. The van der Waals surface area contributed by atoms with Gasteiger partial charge in [0.2, 0.25) is 0 Å². The Balaban J connectivity index is 2.51. The maximum Gasteiger partial charge on any atom is 0.128 e. The molecule has 2 aromatic rings. The average Bonchev–Trinajstić information content (AvgIpc) is 2.67.